The van der Waals surface area contributed by atoms with E-state index >= 15 is 0 Å². The third-order valence-electron chi connectivity index (χ3n) is 6.62. The molecule has 3 atom stereocenters. The SMILES string of the molecule is Cc1cnc(N[C@H]2C[C@@H](C#N)N(C(=O)c3ccc([C@@]4(C(C)C)NC(=O)NC4=O)cc3)C2)c(C)c1. The highest BCUT2D eigenvalue weighted by molar-refractivity contribution is 6.07. The number of anilines is 1. The number of nitrogens with zero attached hydrogens (tertiary/aromatic N) is 3. The number of pyridine rings is 1. The van der Waals surface area contributed by atoms with Crippen LogP contribution in [-0.4, -0.2) is 46.4 Å². The van der Waals surface area contributed by atoms with Crippen molar-refractivity contribution in [3.8, 4) is 6.07 Å². The molecule has 9 heteroatoms. The van der Waals surface area contributed by atoms with Gasteiger partial charge in [-0.3, -0.25) is 14.9 Å². The molecule has 3 heterocycles. The molecule has 176 valence electrons. The van der Waals surface area contributed by atoms with Crippen LogP contribution in [-0.2, 0) is 10.3 Å². The fourth-order valence-corrected chi connectivity index (χ4v) is 4.80. The molecule has 0 saturated carbocycles. The van der Waals surface area contributed by atoms with E-state index in [9.17, 15) is 19.6 Å². The van der Waals surface area contributed by atoms with Gasteiger partial charge in [0.25, 0.3) is 11.8 Å². The second-order valence-corrected chi connectivity index (χ2v) is 9.31. The lowest BCUT2D eigenvalue weighted by molar-refractivity contribution is -0.125. The number of nitrogens with one attached hydrogen (secondary N) is 3. The summed E-state index contributed by atoms with van der Waals surface area (Å²) in [6, 6.07) is 9.73. The predicted octanol–water partition coefficient (Wildman–Crippen LogP) is 2.61. The molecule has 0 unspecified atom stereocenters. The van der Waals surface area contributed by atoms with E-state index in [-0.39, 0.29) is 17.9 Å². The van der Waals surface area contributed by atoms with Crippen molar-refractivity contribution in [3.05, 3.63) is 58.8 Å². The van der Waals surface area contributed by atoms with Gasteiger partial charge in [0.2, 0.25) is 0 Å². The van der Waals surface area contributed by atoms with Crippen molar-refractivity contribution in [2.45, 2.75) is 51.7 Å². The lowest BCUT2D eigenvalue weighted by Crippen LogP contribution is -2.48. The average Bonchev–Trinajstić information content (AvgIpc) is 3.35. The average molecular weight is 461 g/mol. The number of carbonyl (C=O) groups excluding carboxylic acids is 3. The van der Waals surface area contributed by atoms with Crippen LogP contribution in [0.2, 0.25) is 0 Å². The summed E-state index contributed by atoms with van der Waals surface area (Å²) in [4.78, 5) is 43.7. The minimum absolute atomic E-state index is 0.0941. The smallest absolute Gasteiger partial charge is 0.322 e. The Morgan fingerprint density at radius 1 is 1.26 bits per heavy atom. The summed E-state index contributed by atoms with van der Waals surface area (Å²) in [6.45, 7) is 8.03. The van der Waals surface area contributed by atoms with Gasteiger partial charge < -0.3 is 15.5 Å². The van der Waals surface area contributed by atoms with Crippen LogP contribution >= 0.6 is 0 Å². The van der Waals surface area contributed by atoms with Crippen molar-refractivity contribution in [3.63, 3.8) is 0 Å². The molecule has 0 bridgehead atoms. The Labute approximate surface area is 198 Å². The van der Waals surface area contributed by atoms with Gasteiger partial charge in [-0.15, -0.1) is 0 Å². The minimum atomic E-state index is -1.19. The van der Waals surface area contributed by atoms with E-state index in [1.54, 1.807) is 35.4 Å². The van der Waals surface area contributed by atoms with Crippen molar-refractivity contribution in [2.75, 3.05) is 11.9 Å². The molecule has 0 aliphatic carbocycles. The number of benzene rings is 1. The molecule has 2 aromatic rings. The summed E-state index contributed by atoms with van der Waals surface area (Å²) in [7, 11) is 0. The molecule has 0 spiro atoms. The van der Waals surface area contributed by atoms with Gasteiger partial charge in [0.15, 0.2) is 0 Å². The van der Waals surface area contributed by atoms with E-state index in [0.29, 0.717) is 24.1 Å². The monoisotopic (exact) mass is 460 g/mol. The van der Waals surface area contributed by atoms with E-state index in [1.807, 2.05) is 33.8 Å². The number of urea groups is 1. The highest BCUT2D eigenvalue weighted by Gasteiger charge is 2.50. The van der Waals surface area contributed by atoms with Crippen LogP contribution in [0.3, 0.4) is 0 Å². The van der Waals surface area contributed by atoms with E-state index in [4.69, 9.17) is 0 Å². The number of amides is 4. The normalized spacial score (nSPS) is 24.1. The lowest BCUT2D eigenvalue weighted by atomic mass is 9.79. The summed E-state index contributed by atoms with van der Waals surface area (Å²) in [5.41, 5.74) is 1.91. The molecule has 34 heavy (non-hydrogen) atoms. The fraction of sp³-hybridized carbons (Fsp3) is 0.400. The molecule has 2 fully saturated rings. The number of likely N-dealkylation sites (tertiary alicyclic amines) is 1. The van der Waals surface area contributed by atoms with Gasteiger partial charge in [-0.05, 0) is 48.6 Å². The summed E-state index contributed by atoms with van der Waals surface area (Å²) in [6.07, 6.45) is 2.28. The van der Waals surface area contributed by atoms with E-state index in [2.05, 4.69) is 27.0 Å². The zero-order valence-electron chi connectivity index (χ0n) is 19.7. The van der Waals surface area contributed by atoms with Crippen molar-refractivity contribution in [2.24, 2.45) is 5.92 Å². The lowest BCUT2D eigenvalue weighted by Gasteiger charge is -2.31. The van der Waals surface area contributed by atoms with Gasteiger partial charge in [-0.1, -0.05) is 32.0 Å². The number of imide groups is 1. The van der Waals surface area contributed by atoms with Crippen molar-refractivity contribution in [1.82, 2.24) is 20.5 Å². The Hall–Kier alpha value is -3.93. The van der Waals surface area contributed by atoms with Crippen LogP contribution in [0.5, 0.6) is 0 Å². The molecule has 2 aliphatic rings. The van der Waals surface area contributed by atoms with Gasteiger partial charge in [-0.2, -0.15) is 5.26 Å². The van der Waals surface area contributed by atoms with Crippen LogP contribution in [0, 0.1) is 31.1 Å². The zero-order valence-corrected chi connectivity index (χ0v) is 19.7. The Balaban J connectivity index is 1.52. The first-order valence-electron chi connectivity index (χ1n) is 11.3. The maximum Gasteiger partial charge on any atom is 0.322 e. The summed E-state index contributed by atoms with van der Waals surface area (Å²) < 4.78 is 0. The first kappa shape index (κ1) is 23.2. The molecule has 2 aliphatic heterocycles. The van der Waals surface area contributed by atoms with E-state index < -0.39 is 23.5 Å². The van der Waals surface area contributed by atoms with Crippen molar-refractivity contribution < 1.29 is 14.4 Å². The van der Waals surface area contributed by atoms with Gasteiger partial charge in [0.1, 0.15) is 17.4 Å². The quantitative estimate of drug-likeness (QED) is 0.589. The molecule has 1 aromatic carbocycles. The van der Waals surface area contributed by atoms with Crippen LogP contribution in [0.1, 0.15) is 47.3 Å². The Morgan fingerprint density at radius 3 is 2.53 bits per heavy atom. The third-order valence-corrected chi connectivity index (χ3v) is 6.62. The summed E-state index contributed by atoms with van der Waals surface area (Å²) >= 11 is 0. The maximum absolute atomic E-state index is 13.3. The van der Waals surface area contributed by atoms with Crippen LogP contribution in [0.25, 0.3) is 0 Å². The molecule has 4 amide bonds. The van der Waals surface area contributed by atoms with Crippen LogP contribution in [0.4, 0.5) is 10.6 Å². The number of hydrogen-bond acceptors (Lipinski definition) is 6. The van der Waals surface area contributed by atoms with Gasteiger partial charge in [0, 0.05) is 30.8 Å². The van der Waals surface area contributed by atoms with Gasteiger partial charge >= 0.3 is 6.03 Å². The molecular weight excluding hydrogens is 432 g/mol. The number of aryl methyl sites for hydroxylation is 2. The number of rotatable bonds is 5. The third kappa shape index (κ3) is 3.96. The Kier molecular flexibility index (Phi) is 6.00. The number of hydrogen-bond donors (Lipinski definition) is 3. The largest absolute Gasteiger partial charge is 0.365 e. The van der Waals surface area contributed by atoms with Crippen LogP contribution < -0.4 is 16.0 Å². The second kappa shape index (κ2) is 8.78. The Bertz CT molecular complexity index is 1190. The van der Waals surface area contributed by atoms with Crippen LogP contribution in [0.15, 0.2) is 36.5 Å². The molecule has 9 nitrogen and oxygen atoms in total. The second-order valence-electron chi connectivity index (χ2n) is 9.31. The summed E-state index contributed by atoms with van der Waals surface area (Å²) in [5.74, 6) is -0.117. The number of aromatic nitrogens is 1. The van der Waals surface area contributed by atoms with E-state index in [0.717, 1.165) is 16.9 Å². The molecular formula is C25H28N6O3. The zero-order chi connectivity index (χ0) is 24.6. The molecule has 0 radical (unpaired) electrons. The first-order valence-corrected chi connectivity index (χ1v) is 11.3. The van der Waals surface area contributed by atoms with Crippen molar-refractivity contribution >= 4 is 23.7 Å². The molecule has 2 saturated heterocycles. The standard InChI is InChI=1S/C25H28N6O3/c1-14(2)25(23(33)29-24(34)30-25)18-7-5-17(6-8-18)22(32)31-13-19(10-20(31)11-26)28-21-16(4)9-15(3)12-27-21/h5-9,12,14,19-20H,10,13H2,1-4H3,(H,27,28)(H2,29,30,33,34)/t19-,20-,25+/m0/s1. The van der Waals surface area contributed by atoms with E-state index in [1.165, 1.54) is 0 Å². The number of nitriles is 1. The van der Waals surface area contributed by atoms with Crippen molar-refractivity contribution in [1.29, 1.82) is 5.26 Å². The highest BCUT2D eigenvalue weighted by Crippen LogP contribution is 2.33. The van der Waals surface area contributed by atoms with Gasteiger partial charge in [0.05, 0.1) is 6.07 Å². The fourth-order valence-electron chi connectivity index (χ4n) is 4.80. The minimum Gasteiger partial charge on any atom is -0.365 e. The molecule has 4 rings (SSSR count). The topological polar surface area (TPSA) is 127 Å². The molecule has 3 N–H and O–H groups in total. The maximum atomic E-state index is 13.3. The first-order chi connectivity index (χ1) is 16.1. The highest BCUT2D eigenvalue weighted by atomic mass is 16.2. The predicted molar refractivity (Wildman–Crippen MR) is 126 cm³/mol. The Morgan fingerprint density at radius 2 is 1.97 bits per heavy atom. The summed E-state index contributed by atoms with van der Waals surface area (Å²) in [5, 5.41) is 18.1. The number of carbonyl (C=O) groups is 3. The molecule has 1 aromatic heterocycles. The van der Waals surface area contributed by atoms with Gasteiger partial charge in [-0.25, -0.2) is 9.78 Å².